The molecule has 0 aromatic carbocycles. The maximum absolute atomic E-state index is 10.7. The molecule has 2 unspecified atom stereocenters. The average Bonchev–Trinajstić information content (AvgIpc) is 2.75. The van der Waals surface area contributed by atoms with E-state index >= 15 is 0 Å². The van der Waals surface area contributed by atoms with Crippen molar-refractivity contribution in [1.29, 1.82) is 0 Å². The molecule has 3 rings (SSSR count). The number of thiophene rings is 1. The number of piperidine rings is 1. The number of aryl methyl sites for hydroxylation is 1. The molecule has 1 aromatic rings. The topological polar surface area (TPSA) is 23.5 Å². The van der Waals surface area contributed by atoms with Crippen LogP contribution in [0.3, 0.4) is 0 Å². The summed E-state index contributed by atoms with van der Waals surface area (Å²) < 4.78 is 0. The summed E-state index contributed by atoms with van der Waals surface area (Å²) in [4.78, 5) is 5.40. The minimum absolute atomic E-state index is 0.333. The fourth-order valence-corrected chi connectivity index (χ4v) is 4.51. The van der Waals surface area contributed by atoms with Crippen LogP contribution < -0.4 is 0 Å². The molecular formula is C15H23NOS. The van der Waals surface area contributed by atoms with E-state index in [9.17, 15) is 5.11 Å². The van der Waals surface area contributed by atoms with E-state index in [1.165, 1.54) is 29.0 Å². The Bertz CT molecular complexity index is 416. The maximum Gasteiger partial charge on any atom is 0.0700 e. The van der Waals surface area contributed by atoms with Crippen molar-refractivity contribution in [2.45, 2.75) is 51.2 Å². The lowest BCUT2D eigenvalue weighted by molar-refractivity contribution is -0.0966. The van der Waals surface area contributed by atoms with Crippen molar-refractivity contribution in [2.24, 2.45) is 5.92 Å². The molecular weight excluding hydrogens is 242 g/mol. The molecule has 0 radical (unpaired) electrons. The summed E-state index contributed by atoms with van der Waals surface area (Å²) in [5.41, 5.74) is -0.333. The van der Waals surface area contributed by atoms with Gasteiger partial charge >= 0.3 is 0 Å². The molecule has 2 fully saturated rings. The van der Waals surface area contributed by atoms with E-state index < -0.39 is 0 Å². The van der Waals surface area contributed by atoms with Crippen LogP contribution >= 0.6 is 11.3 Å². The lowest BCUT2D eigenvalue weighted by Crippen LogP contribution is -2.52. The van der Waals surface area contributed by atoms with Gasteiger partial charge in [0.15, 0.2) is 0 Å². The molecule has 2 aliphatic rings. The quantitative estimate of drug-likeness (QED) is 0.888. The summed E-state index contributed by atoms with van der Waals surface area (Å²) in [5.74, 6) is 0.515. The second kappa shape index (κ2) is 4.95. The predicted molar refractivity (Wildman–Crippen MR) is 75.9 cm³/mol. The molecule has 1 saturated heterocycles. The van der Waals surface area contributed by atoms with Gasteiger partial charge in [0.25, 0.3) is 0 Å². The second-order valence-electron chi connectivity index (χ2n) is 6.04. The fraction of sp³-hybridized carbons (Fsp3) is 0.733. The summed E-state index contributed by atoms with van der Waals surface area (Å²) in [6.45, 7) is 5.40. The Morgan fingerprint density at radius 2 is 2.28 bits per heavy atom. The lowest BCUT2D eigenvalue weighted by Gasteiger charge is -2.47. The van der Waals surface area contributed by atoms with Crippen LogP contribution in [0.2, 0.25) is 0 Å². The zero-order chi connectivity index (χ0) is 12.6. The highest BCUT2D eigenvalue weighted by molar-refractivity contribution is 7.11. The van der Waals surface area contributed by atoms with Gasteiger partial charge in [0.05, 0.1) is 5.60 Å². The van der Waals surface area contributed by atoms with Crippen molar-refractivity contribution >= 4 is 11.3 Å². The molecule has 2 atom stereocenters. The Balaban J connectivity index is 1.63. The van der Waals surface area contributed by atoms with Crippen LogP contribution in [0.4, 0.5) is 0 Å². The number of hydrogen-bond donors (Lipinski definition) is 1. The Morgan fingerprint density at radius 3 is 3.06 bits per heavy atom. The maximum atomic E-state index is 10.7. The first kappa shape index (κ1) is 12.6. The van der Waals surface area contributed by atoms with Gasteiger partial charge in [0, 0.05) is 35.3 Å². The number of likely N-dealkylation sites (tertiary alicyclic amines) is 1. The zero-order valence-corrected chi connectivity index (χ0v) is 12.0. The van der Waals surface area contributed by atoms with E-state index in [0.717, 1.165) is 32.5 Å². The summed E-state index contributed by atoms with van der Waals surface area (Å²) >= 11 is 1.91. The molecule has 0 amide bonds. The molecule has 1 N–H and O–H groups in total. The van der Waals surface area contributed by atoms with Crippen molar-refractivity contribution in [1.82, 2.24) is 4.90 Å². The molecule has 100 valence electrons. The smallest absolute Gasteiger partial charge is 0.0700 e. The number of fused-ring (bicyclic) bond motifs is 1. The Morgan fingerprint density at radius 1 is 1.39 bits per heavy atom. The first-order chi connectivity index (χ1) is 8.66. The third-order valence-corrected chi connectivity index (χ3v) is 5.67. The van der Waals surface area contributed by atoms with Crippen LogP contribution in [0.15, 0.2) is 12.1 Å². The summed E-state index contributed by atoms with van der Waals surface area (Å²) in [6, 6.07) is 4.46. The summed E-state index contributed by atoms with van der Waals surface area (Å²) in [7, 11) is 0. The third-order valence-electron chi connectivity index (χ3n) is 4.69. The number of aliphatic hydroxyl groups is 1. The second-order valence-corrected chi connectivity index (χ2v) is 7.42. The van der Waals surface area contributed by atoms with Gasteiger partial charge in [-0.2, -0.15) is 0 Å². The molecule has 0 spiro atoms. The van der Waals surface area contributed by atoms with Gasteiger partial charge in [-0.05, 0) is 38.3 Å². The van der Waals surface area contributed by atoms with Crippen molar-refractivity contribution in [2.75, 3.05) is 13.1 Å². The normalized spacial score (nSPS) is 33.3. The Hall–Kier alpha value is -0.380. The van der Waals surface area contributed by atoms with E-state index in [2.05, 4.69) is 24.0 Å². The molecule has 1 saturated carbocycles. The van der Waals surface area contributed by atoms with Crippen LogP contribution in [0, 0.1) is 12.8 Å². The highest BCUT2D eigenvalue weighted by Gasteiger charge is 2.42. The van der Waals surface area contributed by atoms with Crippen molar-refractivity contribution in [3.63, 3.8) is 0 Å². The zero-order valence-electron chi connectivity index (χ0n) is 11.2. The molecule has 1 aliphatic carbocycles. The molecule has 0 bridgehead atoms. The highest BCUT2D eigenvalue weighted by atomic mass is 32.1. The van der Waals surface area contributed by atoms with E-state index in [1.807, 2.05) is 11.3 Å². The van der Waals surface area contributed by atoms with Crippen molar-refractivity contribution in [3.8, 4) is 0 Å². The van der Waals surface area contributed by atoms with Gasteiger partial charge in [-0.3, -0.25) is 4.90 Å². The summed E-state index contributed by atoms with van der Waals surface area (Å²) in [5, 5.41) is 10.7. The van der Waals surface area contributed by atoms with Crippen LogP contribution in [0.25, 0.3) is 0 Å². The number of nitrogens with zero attached hydrogens (tertiary/aromatic N) is 1. The first-order valence-corrected chi connectivity index (χ1v) is 7.97. The SMILES string of the molecule is Cc1ccc(CN2CCC3(O)CCCCC3C2)s1. The minimum atomic E-state index is -0.333. The van der Waals surface area contributed by atoms with Crippen molar-refractivity contribution < 1.29 is 5.11 Å². The van der Waals surface area contributed by atoms with Crippen LogP contribution in [-0.2, 0) is 6.54 Å². The van der Waals surface area contributed by atoms with Crippen molar-refractivity contribution in [3.05, 3.63) is 21.9 Å². The third kappa shape index (κ3) is 2.49. The van der Waals surface area contributed by atoms with Gasteiger partial charge in [-0.25, -0.2) is 0 Å². The Labute approximate surface area is 114 Å². The fourth-order valence-electron chi connectivity index (χ4n) is 3.57. The highest BCUT2D eigenvalue weighted by Crippen LogP contribution is 2.40. The molecule has 1 aromatic heterocycles. The van der Waals surface area contributed by atoms with E-state index in [4.69, 9.17) is 0 Å². The Kier molecular flexibility index (Phi) is 3.48. The number of hydrogen-bond acceptors (Lipinski definition) is 3. The predicted octanol–water partition coefficient (Wildman–Crippen LogP) is 3.18. The van der Waals surface area contributed by atoms with E-state index in [1.54, 1.807) is 0 Å². The first-order valence-electron chi connectivity index (χ1n) is 7.16. The standard InChI is InChI=1S/C15H23NOS/c1-12-5-6-14(18-12)11-16-9-8-15(17)7-3-2-4-13(15)10-16/h5-6,13,17H,2-4,7-11H2,1H3. The minimum Gasteiger partial charge on any atom is -0.390 e. The van der Waals surface area contributed by atoms with Gasteiger partial charge in [0.1, 0.15) is 0 Å². The van der Waals surface area contributed by atoms with Crippen LogP contribution in [0.5, 0.6) is 0 Å². The molecule has 2 nitrogen and oxygen atoms in total. The van der Waals surface area contributed by atoms with E-state index in [-0.39, 0.29) is 5.60 Å². The average molecular weight is 265 g/mol. The van der Waals surface area contributed by atoms with Crippen LogP contribution in [0.1, 0.15) is 41.9 Å². The van der Waals surface area contributed by atoms with E-state index in [0.29, 0.717) is 5.92 Å². The largest absolute Gasteiger partial charge is 0.390 e. The van der Waals surface area contributed by atoms with Gasteiger partial charge in [0.2, 0.25) is 0 Å². The monoisotopic (exact) mass is 265 g/mol. The van der Waals surface area contributed by atoms with Gasteiger partial charge in [-0.1, -0.05) is 12.8 Å². The van der Waals surface area contributed by atoms with Crippen LogP contribution in [-0.4, -0.2) is 28.7 Å². The summed E-state index contributed by atoms with van der Waals surface area (Å²) in [6.07, 6.45) is 5.75. The number of rotatable bonds is 2. The molecule has 3 heteroatoms. The van der Waals surface area contributed by atoms with Gasteiger partial charge < -0.3 is 5.11 Å². The molecule has 18 heavy (non-hydrogen) atoms. The molecule has 2 heterocycles. The van der Waals surface area contributed by atoms with Gasteiger partial charge in [-0.15, -0.1) is 11.3 Å². The molecule has 1 aliphatic heterocycles. The lowest BCUT2D eigenvalue weighted by atomic mass is 9.71.